The molecule has 0 spiro atoms. The summed E-state index contributed by atoms with van der Waals surface area (Å²) in [5.41, 5.74) is 0.220. The minimum Gasteiger partial charge on any atom is -0.505 e. The highest BCUT2D eigenvalue weighted by Crippen LogP contribution is 2.40. The maximum atomic E-state index is 13.0. The first-order valence-electron chi connectivity index (χ1n) is 5.58. The monoisotopic (exact) mass is 219 g/mol. The molecule has 1 aromatic carbocycles. The van der Waals surface area contributed by atoms with Crippen molar-refractivity contribution >= 4 is 0 Å². The van der Waals surface area contributed by atoms with Crippen LogP contribution < -0.4 is 0 Å². The molecule has 0 amide bonds. The van der Waals surface area contributed by atoms with Gasteiger partial charge in [-0.25, -0.2) is 4.39 Å². The zero-order valence-electron chi connectivity index (χ0n) is 9.04. The van der Waals surface area contributed by atoms with Gasteiger partial charge in [-0.05, 0) is 30.5 Å². The first-order chi connectivity index (χ1) is 7.68. The molecule has 1 aliphatic rings. The SMILES string of the molecule is N#CC1(c2ccc(F)c(O)c2)CCCCC1. The Hall–Kier alpha value is -1.56. The van der Waals surface area contributed by atoms with E-state index in [1.807, 2.05) is 0 Å². The first-order valence-corrected chi connectivity index (χ1v) is 5.58. The van der Waals surface area contributed by atoms with Crippen LogP contribution in [0, 0.1) is 17.1 Å². The lowest BCUT2D eigenvalue weighted by Crippen LogP contribution is -2.27. The van der Waals surface area contributed by atoms with Gasteiger partial charge in [-0.15, -0.1) is 0 Å². The fraction of sp³-hybridized carbons (Fsp3) is 0.462. The third kappa shape index (κ3) is 1.76. The zero-order chi connectivity index (χ0) is 11.6. The Morgan fingerprint density at radius 2 is 1.94 bits per heavy atom. The summed E-state index contributed by atoms with van der Waals surface area (Å²) >= 11 is 0. The van der Waals surface area contributed by atoms with Gasteiger partial charge in [0.1, 0.15) is 0 Å². The van der Waals surface area contributed by atoms with Gasteiger partial charge >= 0.3 is 0 Å². The molecule has 1 aliphatic carbocycles. The standard InChI is InChI=1S/C13H14FNO/c14-11-5-4-10(8-12(11)16)13(9-15)6-2-1-3-7-13/h4-5,8,16H,1-3,6-7H2. The summed E-state index contributed by atoms with van der Waals surface area (Å²) < 4.78 is 13.0. The van der Waals surface area contributed by atoms with Gasteiger partial charge in [0, 0.05) is 0 Å². The lowest BCUT2D eigenvalue weighted by atomic mass is 9.70. The number of aromatic hydroxyl groups is 1. The summed E-state index contributed by atoms with van der Waals surface area (Å²) in [5.74, 6) is -0.995. The molecule has 0 radical (unpaired) electrons. The van der Waals surface area contributed by atoms with Gasteiger partial charge in [0.15, 0.2) is 11.6 Å². The molecule has 0 aliphatic heterocycles. The quantitative estimate of drug-likeness (QED) is 0.787. The zero-order valence-corrected chi connectivity index (χ0v) is 9.04. The van der Waals surface area contributed by atoms with Crippen LogP contribution in [0.3, 0.4) is 0 Å². The van der Waals surface area contributed by atoms with Gasteiger partial charge in [0.2, 0.25) is 0 Å². The number of phenolic OH excluding ortho intramolecular Hbond substituents is 1. The van der Waals surface area contributed by atoms with Crippen molar-refractivity contribution in [3.8, 4) is 11.8 Å². The summed E-state index contributed by atoms with van der Waals surface area (Å²) in [4.78, 5) is 0. The molecular formula is C13H14FNO. The Balaban J connectivity index is 2.40. The van der Waals surface area contributed by atoms with Gasteiger partial charge in [-0.2, -0.15) is 5.26 Å². The van der Waals surface area contributed by atoms with E-state index in [0.29, 0.717) is 0 Å². The lowest BCUT2D eigenvalue weighted by molar-refractivity contribution is 0.362. The maximum Gasteiger partial charge on any atom is 0.164 e. The predicted octanol–water partition coefficient (Wildman–Crippen LogP) is 3.26. The molecule has 0 bridgehead atoms. The van der Waals surface area contributed by atoms with E-state index in [-0.39, 0.29) is 5.75 Å². The smallest absolute Gasteiger partial charge is 0.164 e. The van der Waals surface area contributed by atoms with Crippen LogP contribution in [-0.4, -0.2) is 5.11 Å². The van der Waals surface area contributed by atoms with Crippen LogP contribution in [0.2, 0.25) is 0 Å². The molecule has 1 aromatic rings. The van der Waals surface area contributed by atoms with Crippen LogP contribution in [-0.2, 0) is 5.41 Å². The molecule has 16 heavy (non-hydrogen) atoms. The number of benzene rings is 1. The van der Waals surface area contributed by atoms with Crippen LogP contribution >= 0.6 is 0 Å². The van der Waals surface area contributed by atoms with Gasteiger partial charge in [-0.1, -0.05) is 25.3 Å². The van der Waals surface area contributed by atoms with Crippen molar-refractivity contribution in [3.05, 3.63) is 29.6 Å². The number of phenols is 1. The van der Waals surface area contributed by atoms with Gasteiger partial charge in [0.25, 0.3) is 0 Å². The van der Waals surface area contributed by atoms with Crippen molar-refractivity contribution in [1.82, 2.24) is 0 Å². The topological polar surface area (TPSA) is 44.0 Å². The second-order valence-electron chi connectivity index (χ2n) is 4.42. The molecule has 0 heterocycles. The Morgan fingerprint density at radius 3 is 2.50 bits per heavy atom. The van der Waals surface area contributed by atoms with E-state index in [0.717, 1.165) is 37.7 Å². The van der Waals surface area contributed by atoms with Crippen LogP contribution in [0.5, 0.6) is 5.75 Å². The van der Waals surface area contributed by atoms with E-state index in [1.54, 1.807) is 6.07 Å². The maximum absolute atomic E-state index is 13.0. The van der Waals surface area contributed by atoms with E-state index in [4.69, 9.17) is 0 Å². The third-order valence-electron chi connectivity index (χ3n) is 3.42. The second-order valence-corrected chi connectivity index (χ2v) is 4.42. The highest BCUT2D eigenvalue weighted by Gasteiger charge is 2.34. The van der Waals surface area contributed by atoms with E-state index < -0.39 is 11.2 Å². The summed E-state index contributed by atoms with van der Waals surface area (Å²) in [6.45, 7) is 0. The Morgan fingerprint density at radius 1 is 1.25 bits per heavy atom. The molecule has 2 rings (SSSR count). The Bertz CT molecular complexity index is 430. The molecule has 0 aromatic heterocycles. The molecule has 1 saturated carbocycles. The molecule has 1 N–H and O–H groups in total. The largest absolute Gasteiger partial charge is 0.505 e. The number of nitriles is 1. The van der Waals surface area contributed by atoms with Crippen molar-refractivity contribution in [1.29, 1.82) is 5.26 Å². The average molecular weight is 219 g/mol. The van der Waals surface area contributed by atoms with E-state index in [1.165, 1.54) is 12.1 Å². The summed E-state index contributed by atoms with van der Waals surface area (Å²) in [6.07, 6.45) is 4.79. The molecule has 0 unspecified atom stereocenters. The van der Waals surface area contributed by atoms with E-state index in [2.05, 4.69) is 6.07 Å². The summed E-state index contributed by atoms with van der Waals surface area (Å²) in [7, 11) is 0. The average Bonchev–Trinajstić information content (AvgIpc) is 2.33. The highest BCUT2D eigenvalue weighted by molar-refractivity contribution is 5.38. The van der Waals surface area contributed by atoms with Crippen LogP contribution in [0.1, 0.15) is 37.7 Å². The highest BCUT2D eigenvalue weighted by atomic mass is 19.1. The third-order valence-corrected chi connectivity index (χ3v) is 3.42. The minimum atomic E-state index is -0.632. The number of hydrogen-bond acceptors (Lipinski definition) is 2. The number of nitrogens with zero attached hydrogens (tertiary/aromatic N) is 1. The van der Waals surface area contributed by atoms with Crippen molar-refractivity contribution in [2.24, 2.45) is 0 Å². The van der Waals surface area contributed by atoms with E-state index in [9.17, 15) is 14.8 Å². The van der Waals surface area contributed by atoms with Crippen molar-refractivity contribution in [2.45, 2.75) is 37.5 Å². The van der Waals surface area contributed by atoms with Crippen molar-refractivity contribution in [2.75, 3.05) is 0 Å². The van der Waals surface area contributed by atoms with Gasteiger partial charge in [0.05, 0.1) is 11.5 Å². The normalized spacial score (nSPS) is 19.0. The van der Waals surface area contributed by atoms with Crippen molar-refractivity contribution in [3.63, 3.8) is 0 Å². The molecule has 1 fully saturated rings. The molecule has 84 valence electrons. The van der Waals surface area contributed by atoms with Crippen LogP contribution in [0.4, 0.5) is 4.39 Å². The molecule has 3 heteroatoms. The number of rotatable bonds is 1. The minimum absolute atomic E-state index is 0.363. The van der Waals surface area contributed by atoms with Gasteiger partial charge in [-0.3, -0.25) is 0 Å². The lowest BCUT2D eigenvalue weighted by Gasteiger charge is -2.31. The fourth-order valence-corrected chi connectivity index (χ4v) is 2.43. The summed E-state index contributed by atoms with van der Waals surface area (Å²) in [5, 5.41) is 18.7. The van der Waals surface area contributed by atoms with Crippen LogP contribution in [0.15, 0.2) is 18.2 Å². The van der Waals surface area contributed by atoms with E-state index >= 15 is 0 Å². The number of hydrogen-bond donors (Lipinski definition) is 1. The number of halogens is 1. The molecule has 0 atom stereocenters. The molecule has 2 nitrogen and oxygen atoms in total. The second kappa shape index (κ2) is 4.13. The Kier molecular flexibility index (Phi) is 2.82. The Labute approximate surface area is 94.3 Å². The van der Waals surface area contributed by atoms with Crippen molar-refractivity contribution < 1.29 is 9.50 Å². The fourth-order valence-electron chi connectivity index (χ4n) is 2.43. The predicted molar refractivity (Wildman–Crippen MR) is 58.4 cm³/mol. The first kappa shape index (κ1) is 10.9. The molecular weight excluding hydrogens is 205 g/mol. The van der Waals surface area contributed by atoms with Crippen LogP contribution in [0.25, 0.3) is 0 Å². The van der Waals surface area contributed by atoms with Gasteiger partial charge < -0.3 is 5.11 Å². The summed E-state index contributed by atoms with van der Waals surface area (Å²) in [6, 6.07) is 6.59. The molecule has 0 saturated heterocycles.